The molecule has 1 fully saturated rings. The van der Waals surface area contributed by atoms with Crippen molar-refractivity contribution in [1.29, 1.82) is 0 Å². The first-order valence-electron chi connectivity index (χ1n) is 6.25. The van der Waals surface area contributed by atoms with Crippen LogP contribution in [0.3, 0.4) is 0 Å². The molecular weight excluding hydrogens is 254 g/mol. The molecule has 0 aromatic carbocycles. The third-order valence-electron chi connectivity index (χ3n) is 3.32. The van der Waals surface area contributed by atoms with E-state index >= 15 is 0 Å². The average Bonchev–Trinajstić information content (AvgIpc) is 2.47. The molecule has 1 unspecified atom stereocenters. The van der Waals surface area contributed by atoms with E-state index in [2.05, 4.69) is 4.98 Å². The van der Waals surface area contributed by atoms with Crippen LogP contribution in [0.25, 0.3) is 0 Å². The highest BCUT2D eigenvalue weighted by Gasteiger charge is 2.46. The van der Waals surface area contributed by atoms with Crippen LogP contribution in [0.15, 0.2) is 24.4 Å². The first kappa shape index (κ1) is 13.9. The molecule has 1 aromatic rings. The molecule has 1 aromatic heterocycles. The first-order valence-corrected chi connectivity index (χ1v) is 6.25. The normalized spacial score (nSPS) is 20.4. The van der Waals surface area contributed by atoms with E-state index in [0.29, 0.717) is 13.0 Å². The van der Waals surface area contributed by atoms with Gasteiger partial charge in [-0.25, -0.2) is 0 Å². The van der Waals surface area contributed by atoms with Crippen molar-refractivity contribution in [3.05, 3.63) is 30.1 Å². The Morgan fingerprint density at radius 2 is 2.32 bits per heavy atom. The number of aromatic nitrogens is 1. The lowest BCUT2D eigenvalue weighted by Gasteiger charge is -2.33. The van der Waals surface area contributed by atoms with E-state index in [-0.39, 0.29) is 19.1 Å². The number of alkyl halides is 2. The Morgan fingerprint density at radius 1 is 1.53 bits per heavy atom. The third-order valence-corrected chi connectivity index (χ3v) is 3.32. The van der Waals surface area contributed by atoms with Crippen molar-refractivity contribution < 1.29 is 18.7 Å². The van der Waals surface area contributed by atoms with E-state index in [1.165, 1.54) is 18.3 Å². The van der Waals surface area contributed by atoms with Crippen LogP contribution in [-0.4, -0.2) is 40.6 Å². The minimum absolute atomic E-state index is 0.0844. The number of carbonyl (C=O) groups excluding carboxylic acids is 1. The van der Waals surface area contributed by atoms with Crippen LogP contribution in [0.2, 0.25) is 0 Å². The highest BCUT2D eigenvalue weighted by molar-refractivity contribution is 5.84. The van der Waals surface area contributed by atoms with Gasteiger partial charge in [0.15, 0.2) is 0 Å². The largest absolute Gasteiger partial charge is 0.396 e. The lowest BCUT2D eigenvalue weighted by molar-refractivity contribution is -0.161. The molecular formula is C13H16F2N2O2. The summed E-state index contributed by atoms with van der Waals surface area (Å²) in [5.74, 6) is -4.96. The number of likely N-dealkylation sites (tertiary alicyclic amines) is 1. The zero-order chi connectivity index (χ0) is 13.9. The van der Waals surface area contributed by atoms with Gasteiger partial charge in [0.25, 0.3) is 5.91 Å². The fourth-order valence-corrected chi connectivity index (χ4v) is 2.26. The second-order valence-corrected chi connectivity index (χ2v) is 4.73. The Morgan fingerprint density at radius 3 is 2.95 bits per heavy atom. The summed E-state index contributed by atoms with van der Waals surface area (Å²) in [5.41, 5.74) is -0.536. The van der Waals surface area contributed by atoms with E-state index in [0.717, 1.165) is 17.4 Å². The summed E-state index contributed by atoms with van der Waals surface area (Å²) < 4.78 is 28.1. The van der Waals surface area contributed by atoms with Crippen LogP contribution in [0.1, 0.15) is 18.5 Å². The minimum atomic E-state index is -3.61. The van der Waals surface area contributed by atoms with Crippen molar-refractivity contribution >= 4 is 5.91 Å². The molecule has 0 bridgehead atoms. The highest BCUT2D eigenvalue weighted by Crippen LogP contribution is 2.30. The summed E-state index contributed by atoms with van der Waals surface area (Å²) in [6, 6.07) is 4.09. The van der Waals surface area contributed by atoms with Gasteiger partial charge in [0, 0.05) is 25.9 Å². The smallest absolute Gasteiger partial charge is 0.366 e. The summed E-state index contributed by atoms with van der Waals surface area (Å²) in [6.07, 6.45) is 2.63. The van der Waals surface area contributed by atoms with E-state index in [1.807, 2.05) is 0 Å². The number of pyridine rings is 1. The third kappa shape index (κ3) is 2.89. The Kier molecular flexibility index (Phi) is 4.09. The molecule has 1 atom stereocenters. The summed E-state index contributed by atoms with van der Waals surface area (Å²) in [7, 11) is 0. The number of carbonyl (C=O) groups is 1. The van der Waals surface area contributed by atoms with Crippen molar-refractivity contribution in [1.82, 2.24) is 9.88 Å². The first-order chi connectivity index (χ1) is 9.05. The predicted octanol–water partition coefficient (Wildman–Crippen LogP) is 1.40. The Hall–Kier alpha value is -1.56. The molecule has 1 N–H and O–H groups in total. The Bertz CT molecular complexity index is 440. The number of amides is 1. The Labute approximate surface area is 110 Å². The van der Waals surface area contributed by atoms with E-state index in [9.17, 15) is 13.6 Å². The predicted molar refractivity (Wildman–Crippen MR) is 64.5 cm³/mol. The van der Waals surface area contributed by atoms with Crippen LogP contribution in [0, 0.1) is 5.92 Å². The van der Waals surface area contributed by atoms with Crippen molar-refractivity contribution in [2.45, 2.75) is 18.8 Å². The molecule has 1 aliphatic heterocycles. The maximum atomic E-state index is 14.0. The SMILES string of the molecule is O=C(N1CCCC(CO)C1)C(F)(F)c1ccccn1. The molecule has 1 amide bonds. The number of aliphatic hydroxyl groups excluding tert-OH is 1. The summed E-state index contributed by atoms with van der Waals surface area (Å²) in [5, 5.41) is 9.07. The van der Waals surface area contributed by atoms with Gasteiger partial charge >= 0.3 is 5.92 Å². The van der Waals surface area contributed by atoms with Crippen LogP contribution in [-0.2, 0) is 10.7 Å². The van der Waals surface area contributed by atoms with Gasteiger partial charge in [0.1, 0.15) is 5.69 Å². The fourth-order valence-electron chi connectivity index (χ4n) is 2.26. The maximum absolute atomic E-state index is 14.0. The zero-order valence-corrected chi connectivity index (χ0v) is 10.4. The number of hydrogen-bond acceptors (Lipinski definition) is 3. The van der Waals surface area contributed by atoms with Crippen LogP contribution in [0.5, 0.6) is 0 Å². The average molecular weight is 270 g/mol. The number of aliphatic hydroxyl groups is 1. The van der Waals surface area contributed by atoms with Crippen LogP contribution < -0.4 is 0 Å². The maximum Gasteiger partial charge on any atom is 0.366 e. The van der Waals surface area contributed by atoms with E-state index in [4.69, 9.17) is 5.11 Å². The number of rotatable bonds is 3. The Balaban J connectivity index is 2.14. The van der Waals surface area contributed by atoms with Crippen LogP contribution >= 0.6 is 0 Å². The van der Waals surface area contributed by atoms with Crippen molar-refractivity contribution in [2.24, 2.45) is 5.92 Å². The molecule has 1 aliphatic rings. The second kappa shape index (κ2) is 5.61. The van der Waals surface area contributed by atoms with Crippen molar-refractivity contribution in [3.63, 3.8) is 0 Å². The lowest BCUT2D eigenvalue weighted by atomic mass is 9.98. The molecule has 2 rings (SSSR count). The molecule has 6 heteroatoms. The second-order valence-electron chi connectivity index (χ2n) is 4.73. The van der Waals surface area contributed by atoms with Gasteiger partial charge < -0.3 is 10.0 Å². The summed E-state index contributed by atoms with van der Waals surface area (Å²) >= 11 is 0. The quantitative estimate of drug-likeness (QED) is 0.903. The van der Waals surface area contributed by atoms with Gasteiger partial charge in [-0.15, -0.1) is 0 Å². The monoisotopic (exact) mass is 270 g/mol. The van der Waals surface area contributed by atoms with Crippen LogP contribution in [0.4, 0.5) is 8.78 Å². The molecule has 1 saturated heterocycles. The van der Waals surface area contributed by atoms with Gasteiger partial charge in [-0.1, -0.05) is 6.07 Å². The molecule has 104 valence electrons. The molecule has 4 nitrogen and oxygen atoms in total. The molecule has 2 heterocycles. The van der Waals surface area contributed by atoms with Gasteiger partial charge in [0.05, 0.1) is 0 Å². The van der Waals surface area contributed by atoms with Gasteiger partial charge in [-0.05, 0) is 30.9 Å². The molecule has 0 spiro atoms. The van der Waals surface area contributed by atoms with Crippen molar-refractivity contribution in [2.75, 3.05) is 19.7 Å². The molecule has 0 radical (unpaired) electrons. The molecule has 0 aliphatic carbocycles. The van der Waals surface area contributed by atoms with Gasteiger partial charge in [0.2, 0.25) is 0 Å². The molecule has 0 saturated carbocycles. The van der Waals surface area contributed by atoms with E-state index in [1.54, 1.807) is 0 Å². The lowest BCUT2D eigenvalue weighted by Crippen LogP contribution is -2.47. The standard InChI is InChI=1S/C13H16F2N2O2/c14-13(15,11-5-1-2-6-16-11)12(19)17-7-3-4-10(8-17)9-18/h1-2,5-6,10,18H,3-4,7-9H2. The number of nitrogens with zero attached hydrogens (tertiary/aromatic N) is 2. The summed E-state index contributed by atoms with van der Waals surface area (Å²) in [6.45, 7) is 0.397. The van der Waals surface area contributed by atoms with Crippen molar-refractivity contribution in [3.8, 4) is 0 Å². The topological polar surface area (TPSA) is 53.4 Å². The zero-order valence-electron chi connectivity index (χ0n) is 10.4. The van der Waals surface area contributed by atoms with Gasteiger partial charge in [-0.2, -0.15) is 8.78 Å². The number of hydrogen-bond donors (Lipinski definition) is 1. The van der Waals surface area contributed by atoms with Gasteiger partial charge in [-0.3, -0.25) is 9.78 Å². The highest BCUT2D eigenvalue weighted by atomic mass is 19.3. The number of halogens is 2. The number of piperidine rings is 1. The fraction of sp³-hybridized carbons (Fsp3) is 0.538. The molecule has 19 heavy (non-hydrogen) atoms. The minimum Gasteiger partial charge on any atom is -0.396 e. The van der Waals surface area contributed by atoms with E-state index < -0.39 is 17.5 Å². The summed E-state index contributed by atoms with van der Waals surface area (Å²) in [4.78, 5) is 16.6.